The number of hydrogen-bond donors (Lipinski definition) is 2. The molecule has 1 aromatic heterocycles. The minimum absolute atomic E-state index is 0.718. The van der Waals surface area contributed by atoms with Gasteiger partial charge in [0.2, 0.25) is 0 Å². The van der Waals surface area contributed by atoms with Crippen LogP contribution in [0.5, 0.6) is 0 Å². The van der Waals surface area contributed by atoms with Crippen LogP contribution in [0.2, 0.25) is 0 Å². The lowest BCUT2D eigenvalue weighted by atomic mass is 10.2. The number of pyridine rings is 1. The van der Waals surface area contributed by atoms with Crippen LogP contribution in [0.25, 0.3) is 0 Å². The third kappa shape index (κ3) is 1.75. The molecule has 1 aromatic rings. The fourth-order valence-electron chi connectivity index (χ4n) is 0.822. The Morgan fingerprint density at radius 3 is 3.00 bits per heavy atom. The Kier molecular flexibility index (Phi) is 2.55. The third-order valence-electron chi connectivity index (χ3n) is 1.35. The lowest BCUT2D eigenvalue weighted by molar-refractivity contribution is 1.27. The molecule has 0 spiro atoms. The van der Waals surface area contributed by atoms with Gasteiger partial charge >= 0.3 is 0 Å². The first-order chi connectivity index (χ1) is 5.27. The minimum atomic E-state index is 0.718. The maximum atomic E-state index is 7.07. The van der Waals surface area contributed by atoms with Gasteiger partial charge in [-0.3, -0.25) is 0 Å². The van der Waals surface area contributed by atoms with Gasteiger partial charge in [0.15, 0.2) is 0 Å². The van der Waals surface area contributed by atoms with Crippen molar-refractivity contribution in [3.05, 3.63) is 23.4 Å². The number of aryl methyl sites for hydroxylation is 1. The van der Waals surface area contributed by atoms with Gasteiger partial charge in [0.25, 0.3) is 0 Å². The number of rotatable bonds is 2. The number of nitrogens with zero attached hydrogens (tertiary/aromatic N) is 1. The van der Waals surface area contributed by atoms with Crippen LogP contribution < -0.4 is 5.09 Å². The van der Waals surface area contributed by atoms with E-state index in [4.69, 9.17) is 5.41 Å². The van der Waals surface area contributed by atoms with E-state index in [0.717, 1.165) is 16.9 Å². The van der Waals surface area contributed by atoms with Crippen LogP contribution >= 0.6 is 9.39 Å². The van der Waals surface area contributed by atoms with E-state index in [0.29, 0.717) is 0 Å². The summed E-state index contributed by atoms with van der Waals surface area (Å²) in [6.07, 6.45) is 3.05. The lowest BCUT2D eigenvalue weighted by Gasteiger charge is -2.02. The zero-order valence-corrected chi connectivity index (χ0v) is 7.41. The van der Waals surface area contributed by atoms with E-state index in [2.05, 4.69) is 19.5 Å². The summed E-state index contributed by atoms with van der Waals surface area (Å²) in [6, 6.07) is 1.91. The van der Waals surface area contributed by atoms with Crippen LogP contribution in [0.1, 0.15) is 11.1 Å². The molecule has 4 heteroatoms. The smallest absolute Gasteiger partial charge is 0.137 e. The summed E-state index contributed by atoms with van der Waals surface area (Å²) in [7, 11) is 2.36. The Morgan fingerprint density at radius 1 is 1.73 bits per heavy atom. The Balaban J connectivity index is 3.16. The number of nitrogens with one attached hydrogen (secondary N) is 2. The van der Waals surface area contributed by atoms with Gasteiger partial charge in [-0.15, -0.1) is 0 Å². The second kappa shape index (κ2) is 3.44. The van der Waals surface area contributed by atoms with Crippen LogP contribution in [0.15, 0.2) is 12.3 Å². The molecule has 2 N–H and O–H groups in total. The van der Waals surface area contributed by atoms with Crippen LogP contribution in [0.4, 0.5) is 5.82 Å². The zero-order valence-electron chi connectivity index (χ0n) is 6.26. The summed E-state index contributed by atoms with van der Waals surface area (Å²) in [5, 5.41) is 9.90. The summed E-state index contributed by atoms with van der Waals surface area (Å²) in [6.45, 7) is 1.95. The molecule has 0 saturated carbocycles. The van der Waals surface area contributed by atoms with Crippen LogP contribution in [0, 0.1) is 12.3 Å². The van der Waals surface area contributed by atoms with Crippen molar-refractivity contribution in [2.75, 3.05) is 5.09 Å². The molecule has 0 aliphatic rings. The van der Waals surface area contributed by atoms with E-state index in [1.165, 1.54) is 6.21 Å². The van der Waals surface area contributed by atoms with Gasteiger partial charge in [-0.2, -0.15) is 0 Å². The fourth-order valence-corrected chi connectivity index (χ4v) is 1.06. The van der Waals surface area contributed by atoms with Crippen molar-refractivity contribution in [3.63, 3.8) is 0 Å². The van der Waals surface area contributed by atoms with Crippen molar-refractivity contribution in [1.82, 2.24) is 4.98 Å². The molecule has 0 fully saturated rings. The monoisotopic (exact) mass is 167 g/mol. The molecule has 0 bridgehead atoms. The molecule has 3 nitrogen and oxygen atoms in total. The van der Waals surface area contributed by atoms with Gasteiger partial charge < -0.3 is 10.5 Å². The fraction of sp³-hybridized carbons (Fsp3) is 0.143. The third-order valence-corrected chi connectivity index (χ3v) is 1.62. The SMILES string of the molecule is Cc1cnc(NP)c(C=N)c1. The van der Waals surface area contributed by atoms with E-state index in [9.17, 15) is 0 Å². The van der Waals surface area contributed by atoms with E-state index >= 15 is 0 Å². The van der Waals surface area contributed by atoms with Crippen molar-refractivity contribution in [2.45, 2.75) is 6.92 Å². The first-order valence-electron chi connectivity index (χ1n) is 3.21. The van der Waals surface area contributed by atoms with Crippen LogP contribution in [-0.4, -0.2) is 11.2 Å². The molecule has 0 amide bonds. The number of anilines is 1. The topological polar surface area (TPSA) is 48.8 Å². The Bertz CT molecular complexity index is 272. The predicted octanol–water partition coefficient (Wildman–Crippen LogP) is 1.59. The van der Waals surface area contributed by atoms with Crippen LogP contribution in [0.3, 0.4) is 0 Å². The summed E-state index contributed by atoms with van der Waals surface area (Å²) in [5.74, 6) is 0.718. The molecule has 0 saturated heterocycles. The quantitative estimate of drug-likeness (QED) is 0.519. The Hall–Kier alpha value is -0.950. The largest absolute Gasteiger partial charge is 0.354 e. The molecule has 58 valence electrons. The van der Waals surface area contributed by atoms with E-state index < -0.39 is 0 Å². The zero-order chi connectivity index (χ0) is 8.27. The standard InChI is InChI=1S/C7H10N3P/c1-5-2-6(3-8)7(10-11)9-4-5/h2-4,8H,11H2,1H3,(H,9,10). The molecule has 0 radical (unpaired) electrons. The van der Waals surface area contributed by atoms with Gasteiger partial charge in [-0.1, -0.05) is 0 Å². The summed E-state index contributed by atoms with van der Waals surface area (Å²) in [5.41, 5.74) is 1.87. The molecule has 0 aliphatic heterocycles. The number of hydrogen-bond acceptors (Lipinski definition) is 3. The van der Waals surface area contributed by atoms with Gasteiger partial charge in [-0.25, -0.2) is 4.98 Å². The highest BCUT2D eigenvalue weighted by molar-refractivity contribution is 7.18. The first kappa shape index (κ1) is 8.15. The average Bonchev–Trinajstić information content (AvgIpc) is 2.04. The van der Waals surface area contributed by atoms with Crippen molar-refractivity contribution >= 4 is 21.4 Å². The van der Waals surface area contributed by atoms with Crippen LogP contribution in [-0.2, 0) is 0 Å². The van der Waals surface area contributed by atoms with Crippen molar-refractivity contribution in [3.8, 4) is 0 Å². The highest BCUT2D eigenvalue weighted by Crippen LogP contribution is 2.12. The summed E-state index contributed by atoms with van der Waals surface area (Å²) >= 11 is 0. The molecular weight excluding hydrogens is 157 g/mol. The molecule has 11 heavy (non-hydrogen) atoms. The highest BCUT2D eigenvalue weighted by Gasteiger charge is 1.97. The van der Waals surface area contributed by atoms with Gasteiger partial charge in [-0.05, 0) is 27.9 Å². The summed E-state index contributed by atoms with van der Waals surface area (Å²) < 4.78 is 0. The second-order valence-electron chi connectivity index (χ2n) is 2.24. The van der Waals surface area contributed by atoms with Gasteiger partial charge in [0, 0.05) is 18.0 Å². The highest BCUT2D eigenvalue weighted by atomic mass is 31.0. The maximum Gasteiger partial charge on any atom is 0.137 e. The Morgan fingerprint density at radius 2 is 2.45 bits per heavy atom. The average molecular weight is 167 g/mol. The first-order valence-corrected chi connectivity index (χ1v) is 3.79. The van der Waals surface area contributed by atoms with Gasteiger partial charge in [0.1, 0.15) is 5.82 Å². The molecule has 0 aromatic carbocycles. The normalized spacial score (nSPS) is 9.27. The summed E-state index contributed by atoms with van der Waals surface area (Å²) in [4.78, 5) is 4.08. The maximum absolute atomic E-state index is 7.07. The van der Waals surface area contributed by atoms with Crippen molar-refractivity contribution in [1.29, 1.82) is 5.41 Å². The Labute approximate surface area is 68.0 Å². The van der Waals surface area contributed by atoms with E-state index in [1.807, 2.05) is 13.0 Å². The predicted molar refractivity (Wildman–Crippen MR) is 50.2 cm³/mol. The minimum Gasteiger partial charge on any atom is -0.354 e. The van der Waals surface area contributed by atoms with E-state index in [1.54, 1.807) is 6.20 Å². The van der Waals surface area contributed by atoms with Crippen molar-refractivity contribution in [2.24, 2.45) is 0 Å². The molecule has 1 atom stereocenters. The molecule has 1 heterocycles. The molecular formula is C7H10N3P. The van der Waals surface area contributed by atoms with Gasteiger partial charge in [0.05, 0.1) is 0 Å². The van der Waals surface area contributed by atoms with Crippen molar-refractivity contribution < 1.29 is 0 Å². The second-order valence-corrected chi connectivity index (χ2v) is 2.53. The molecule has 0 aliphatic carbocycles. The lowest BCUT2D eigenvalue weighted by Crippen LogP contribution is -1.93. The molecule has 1 unspecified atom stereocenters. The van der Waals surface area contributed by atoms with E-state index in [-0.39, 0.29) is 0 Å². The molecule has 1 rings (SSSR count). The number of aromatic nitrogens is 1.